The van der Waals surface area contributed by atoms with Gasteiger partial charge in [-0.25, -0.2) is 9.67 Å². The molecule has 1 fully saturated rings. The van der Waals surface area contributed by atoms with Crippen molar-refractivity contribution in [2.75, 3.05) is 19.8 Å². The van der Waals surface area contributed by atoms with Gasteiger partial charge in [0.1, 0.15) is 18.7 Å². The highest BCUT2D eigenvalue weighted by molar-refractivity contribution is 5.85. The van der Waals surface area contributed by atoms with E-state index < -0.39 is 0 Å². The molecule has 0 spiro atoms. The second kappa shape index (κ2) is 10.2. The molecule has 9 heteroatoms. The van der Waals surface area contributed by atoms with Crippen molar-refractivity contribution in [3.63, 3.8) is 0 Å². The molecule has 2 aromatic rings. The number of carbonyl (C=O) groups is 1. The standard InChI is InChI=1S/C15H19N5O2.2ClH/c21-15(14-9-22-6-5-17-14)18-7-12-1-3-13(4-2-12)8-20-11-16-10-19-20;;/h1-4,10-11,14,17H,5-9H2,(H,18,21);2*1H. The maximum Gasteiger partial charge on any atom is 0.239 e. The molecule has 1 saturated heterocycles. The summed E-state index contributed by atoms with van der Waals surface area (Å²) in [4.78, 5) is 15.9. The van der Waals surface area contributed by atoms with Crippen LogP contribution in [0.4, 0.5) is 0 Å². The lowest BCUT2D eigenvalue weighted by Crippen LogP contribution is -2.51. The molecule has 0 radical (unpaired) electrons. The van der Waals surface area contributed by atoms with Crippen molar-refractivity contribution in [3.05, 3.63) is 48.0 Å². The number of carbonyl (C=O) groups excluding carboxylic acids is 1. The van der Waals surface area contributed by atoms with E-state index in [0.717, 1.165) is 17.7 Å². The molecule has 7 nitrogen and oxygen atoms in total. The highest BCUT2D eigenvalue weighted by Gasteiger charge is 2.20. The number of benzene rings is 1. The van der Waals surface area contributed by atoms with Crippen LogP contribution in [0.5, 0.6) is 0 Å². The normalized spacial score (nSPS) is 16.6. The molecule has 1 aliphatic heterocycles. The zero-order valence-electron chi connectivity index (χ0n) is 13.1. The van der Waals surface area contributed by atoms with Crippen LogP contribution in [0.1, 0.15) is 11.1 Å². The molecular weight excluding hydrogens is 353 g/mol. The first-order valence-electron chi connectivity index (χ1n) is 7.30. The number of halogens is 2. The van der Waals surface area contributed by atoms with Crippen LogP contribution in [0.3, 0.4) is 0 Å². The molecule has 24 heavy (non-hydrogen) atoms. The summed E-state index contributed by atoms with van der Waals surface area (Å²) in [6.45, 7) is 3.02. The van der Waals surface area contributed by atoms with E-state index >= 15 is 0 Å². The molecule has 3 rings (SSSR count). The number of nitrogens with one attached hydrogen (secondary N) is 2. The minimum Gasteiger partial charge on any atom is -0.378 e. The zero-order valence-corrected chi connectivity index (χ0v) is 14.7. The summed E-state index contributed by atoms with van der Waals surface area (Å²) < 4.78 is 7.05. The number of hydrogen-bond donors (Lipinski definition) is 2. The van der Waals surface area contributed by atoms with Gasteiger partial charge >= 0.3 is 0 Å². The second-order valence-corrected chi connectivity index (χ2v) is 5.21. The predicted molar refractivity (Wildman–Crippen MR) is 94.5 cm³/mol. The van der Waals surface area contributed by atoms with Crippen LogP contribution in [0.25, 0.3) is 0 Å². The van der Waals surface area contributed by atoms with E-state index in [0.29, 0.717) is 26.3 Å². The van der Waals surface area contributed by atoms with Crippen LogP contribution in [-0.4, -0.2) is 46.5 Å². The van der Waals surface area contributed by atoms with Gasteiger partial charge in [0, 0.05) is 13.1 Å². The van der Waals surface area contributed by atoms with Gasteiger partial charge in [-0.1, -0.05) is 24.3 Å². The lowest BCUT2D eigenvalue weighted by Gasteiger charge is -2.22. The molecule has 2 heterocycles. The maximum atomic E-state index is 12.0. The van der Waals surface area contributed by atoms with Crippen molar-refractivity contribution in [2.24, 2.45) is 0 Å². The van der Waals surface area contributed by atoms with Crippen molar-refractivity contribution < 1.29 is 9.53 Å². The molecule has 0 bridgehead atoms. The fourth-order valence-corrected chi connectivity index (χ4v) is 2.31. The summed E-state index contributed by atoms with van der Waals surface area (Å²) >= 11 is 0. The number of hydrogen-bond acceptors (Lipinski definition) is 5. The Labute approximate surface area is 153 Å². The van der Waals surface area contributed by atoms with E-state index in [9.17, 15) is 4.79 Å². The molecule has 1 aliphatic rings. The summed E-state index contributed by atoms with van der Waals surface area (Å²) in [5.41, 5.74) is 2.20. The van der Waals surface area contributed by atoms with Crippen molar-refractivity contribution >= 4 is 30.7 Å². The van der Waals surface area contributed by atoms with Gasteiger partial charge in [0.15, 0.2) is 0 Å². The largest absolute Gasteiger partial charge is 0.378 e. The van der Waals surface area contributed by atoms with Gasteiger partial charge < -0.3 is 15.4 Å². The molecule has 2 N–H and O–H groups in total. The van der Waals surface area contributed by atoms with Crippen LogP contribution in [0.2, 0.25) is 0 Å². The average molecular weight is 374 g/mol. The molecule has 1 unspecified atom stereocenters. The first-order valence-corrected chi connectivity index (χ1v) is 7.30. The molecule has 1 amide bonds. The van der Waals surface area contributed by atoms with Gasteiger partial charge in [-0.15, -0.1) is 24.8 Å². The fraction of sp³-hybridized carbons (Fsp3) is 0.400. The average Bonchev–Trinajstić information content (AvgIpc) is 3.08. The quantitative estimate of drug-likeness (QED) is 0.808. The molecule has 1 aromatic carbocycles. The number of nitrogens with zero attached hydrogens (tertiary/aromatic N) is 3. The first kappa shape index (κ1) is 20.4. The predicted octanol–water partition coefficient (Wildman–Crippen LogP) is 0.775. The Bertz CT molecular complexity index is 601. The Morgan fingerprint density at radius 2 is 2.04 bits per heavy atom. The third kappa shape index (κ3) is 5.76. The minimum absolute atomic E-state index is 0. The van der Waals surface area contributed by atoms with E-state index in [1.54, 1.807) is 11.0 Å². The molecule has 132 valence electrons. The highest BCUT2D eigenvalue weighted by Crippen LogP contribution is 2.06. The van der Waals surface area contributed by atoms with Crippen LogP contribution < -0.4 is 10.6 Å². The van der Waals surface area contributed by atoms with Gasteiger partial charge in [-0.05, 0) is 11.1 Å². The molecular formula is C15H21Cl2N5O2. The summed E-state index contributed by atoms with van der Waals surface area (Å²) in [7, 11) is 0. The number of rotatable bonds is 5. The Morgan fingerprint density at radius 1 is 1.29 bits per heavy atom. The lowest BCUT2D eigenvalue weighted by molar-refractivity contribution is -0.126. The van der Waals surface area contributed by atoms with E-state index in [-0.39, 0.29) is 36.8 Å². The van der Waals surface area contributed by atoms with E-state index in [1.807, 2.05) is 24.3 Å². The smallest absolute Gasteiger partial charge is 0.239 e. The number of amides is 1. The summed E-state index contributed by atoms with van der Waals surface area (Å²) in [6, 6.07) is 7.84. The van der Waals surface area contributed by atoms with Gasteiger partial charge in [-0.3, -0.25) is 4.79 Å². The van der Waals surface area contributed by atoms with Crippen molar-refractivity contribution in [3.8, 4) is 0 Å². The van der Waals surface area contributed by atoms with Crippen molar-refractivity contribution in [1.82, 2.24) is 25.4 Å². The van der Waals surface area contributed by atoms with E-state index in [2.05, 4.69) is 20.7 Å². The molecule has 1 atom stereocenters. The molecule has 0 saturated carbocycles. The topological polar surface area (TPSA) is 81.1 Å². The molecule has 1 aromatic heterocycles. The Kier molecular flexibility index (Phi) is 8.70. The van der Waals surface area contributed by atoms with Crippen LogP contribution >= 0.6 is 24.8 Å². The number of morpholine rings is 1. The number of ether oxygens (including phenoxy) is 1. The maximum absolute atomic E-state index is 12.0. The number of aromatic nitrogens is 3. The van der Waals surface area contributed by atoms with Crippen LogP contribution in [0.15, 0.2) is 36.9 Å². The Hall–Kier alpha value is -1.67. The second-order valence-electron chi connectivity index (χ2n) is 5.21. The third-order valence-corrected chi connectivity index (χ3v) is 3.54. The van der Waals surface area contributed by atoms with Crippen LogP contribution in [0, 0.1) is 0 Å². The van der Waals surface area contributed by atoms with Gasteiger partial charge in [-0.2, -0.15) is 5.10 Å². The Morgan fingerprint density at radius 3 is 2.67 bits per heavy atom. The van der Waals surface area contributed by atoms with Crippen molar-refractivity contribution in [2.45, 2.75) is 19.1 Å². The zero-order chi connectivity index (χ0) is 15.2. The van der Waals surface area contributed by atoms with E-state index in [4.69, 9.17) is 4.74 Å². The summed E-state index contributed by atoms with van der Waals surface area (Å²) in [6.07, 6.45) is 3.21. The monoisotopic (exact) mass is 373 g/mol. The Balaban J connectivity index is 0.00000144. The third-order valence-electron chi connectivity index (χ3n) is 3.54. The summed E-state index contributed by atoms with van der Waals surface area (Å²) in [5, 5.41) is 10.1. The van der Waals surface area contributed by atoms with Crippen LogP contribution in [-0.2, 0) is 22.6 Å². The highest BCUT2D eigenvalue weighted by atomic mass is 35.5. The SMILES string of the molecule is Cl.Cl.O=C(NCc1ccc(Cn2cncn2)cc1)C1COCCN1. The van der Waals surface area contributed by atoms with Crippen molar-refractivity contribution in [1.29, 1.82) is 0 Å². The van der Waals surface area contributed by atoms with Gasteiger partial charge in [0.2, 0.25) is 5.91 Å². The minimum atomic E-state index is -0.250. The first-order chi connectivity index (χ1) is 10.8. The summed E-state index contributed by atoms with van der Waals surface area (Å²) in [5.74, 6) is -0.0219. The molecule has 0 aliphatic carbocycles. The van der Waals surface area contributed by atoms with Gasteiger partial charge in [0.05, 0.1) is 19.8 Å². The fourth-order valence-electron chi connectivity index (χ4n) is 2.31. The van der Waals surface area contributed by atoms with Gasteiger partial charge in [0.25, 0.3) is 0 Å². The lowest BCUT2D eigenvalue weighted by atomic mass is 10.1. The van der Waals surface area contributed by atoms with E-state index in [1.165, 1.54) is 6.33 Å².